The molecule has 18 heteroatoms. The van der Waals surface area contributed by atoms with E-state index in [2.05, 4.69) is 29.2 Å². The first-order valence-corrected chi connectivity index (χ1v) is 24.1. The summed E-state index contributed by atoms with van der Waals surface area (Å²) in [5.41, 5.74) is 1.07. The number of nitrogens with zero attached hydrogens (tertiary/aromatic N) is 3. The topological polar surface area (TPSA) is 169 Å². The number of sulfonamides is 1. The third kappa shape index (κ3) is 8.97. The van der Waals surface area contributed by atoms with E-state index in [-0.39, 0.29) is 46.9 Å². The van der Waals surface area contributed by atoms with Crippen LogP contribution >= 0.6 is 34.5 Å². The van der Waals surface area contributed by atoms with Gasteiger partial charge in [-0.2, -0.15) is 0 Å². The maximum absolute atomic E-state index is 14.9. The molecule has 2 aromatic carbocycles. The fraction of sp³-hybridized carbons (Fsp3) is 0.477. The number of fused-ring (bicyclic) bond motifs is 3. The predicted octanol–water partition coefficient (Wildman–Crippen LogP) is 8.08. The zero-order chi connectivity index (χ0) is 44.1. The number of hydrogen-bond acceptors (Lipinski definition) is 11. The van der Waals surface area contributed by atoms with E-state index in [4.69, 9.17) is 42.6 Å². The average Bonchev–Trinajstić information content (AvgIpc) is 4.11. The van der Waals surface area contributed by atoms with Crippen LogP contribution in [-0.2, 0) is 24.4 Å². The van der Waals surface area contributed by atoms with Gasteiger partial charge in [-0.25, -0.2) is 22.8 Å². The molecule has 1 saturated heterocycles. The van der Waals surface area contributed by atoms with Gasteiger partial charge in [0, 0.05) is 28.8 Å². The van der Waals surface area contributed by atoms with Crippen LogP contribution in [0, 0.1) is 18.7 Å². The van der Waals surface area contributed by atoms with Crippen LogP contribution in [0.5, 0.6) is 11.6 Å². The van der Waals surface area contributed by atoms with Crippen molar-refractivity contribution in [3.8, 4) is 22.3 Å². The number of amides is 3. The van der Waals surface area contributed by atoms with E-state index in [1.165, 1.54) is 28.4 Å². The summed E-state index contributed by atoms with van der Waals surface area (Å²) in [4.78, 5) is 54.8. The van der Waals surface area contributed by atoms with E-state index in [1.807, 2.05) is 42.7 Å². The molecule has 3 fully saturated rings. The highest BCUT2D eigenvalue weighted by Crippen LogP contribution is 2.46. The summed E-state index contributed by atoms with van der Waals surface area (Å²) in [6.45, 7) is 6.04. The van der Waals surface area contributed by atoms with Gasteiger partial charge in [0.1, 0.15) is 46.0 Å². The number of rotatable bonds is 10. The minimum atomic E-state index is -3.93. The molecule has 62 heavy (non-hydrogen) atoms. The molecule has 2 aliphatic carbocycles. The number of halogens is 3. The Morgan fingerprint density at radius 1 is 1.08 bits per heavy atom. The van der Waals surface area contributed by atoms with Gasteiger partial charge in [-0.3, -0.25) is 19.1 Å². The lowest BCUT2D eigenvalue weighted by molar-refractivity contribution is -0.140. The standard InChI is InChI=1S/C44H49Cl2FN6O7S2/c1-23(2)35-22-61-41(50-35)34-19-30-24(3)37(59-4)15-14-29(30)40(49-34)60-27-18-36-39(54)51-44(43(56)52-62(57,58)28-12-13-28)20-25(44)10-8-6-5-7-9-11-33(42(55)53(36)21-27)48-26-16-31(45)38(46)32(47)17-26/h8,10,14-17,19,22-23,25,27-28,33,36,48H,5-7,9,11-13,18,20-21H2,1-4H3,(H,51,54)(H,52,56)/b10-8-/t25-,27+,33-,36-,44+/m0/s1. The number of aromatic nitrogens is 2. The van der Waals surface area contributed by atoms with Crippen LogP contribution in [0.15, 0.2) is 47.9 Å². The molecule has 8 rings (SSSR count). The van der Waals surface area contributed by atoms with Crippen molar-refractivity contribution in [2.24, 2.45) is 5.92 Å². The molecule has 4 aromatic rings. The second kappa shape index (κ2) is 17.6. The Morgan fingerprint density at radius 3 is 2.58 bits per heavy atom. The van der Waals surface area contributed by atoms with Crippen LogP contribution in [0.4, 0.5) is 10.1 Å². The highest BCUT2D eigenvalue weighted by molar-refractivity contribution is 7.91. The van der Waals surface area contributed by atoms with Crippen LogP contribution in [-0.4, -0.2) is 83.6 Å². The first kappa shape index (κ1) is 44.1. The molecular formula is C44H49Cl2FN6O7S2. The summed E-state index contributed by atoms with van der Waals surface area (Å²) in [5, 5.41) is 9.37. The fourth-order valence-electron chi connectivity index (χ4n) is 8.35. The van der Waals surface area contributed by atoms with E-state index in [9.17, 15) is 27.2 Å². The maximum Gasteiger partial charge on any atom is 0.259 e. The number of nitrogens with one attached hydrogen (secondary N) is 3. The van der Waals surface area contributed by atoms with E-state index in [0.717, 1.165) is 29.5 Å². The van der Waals surface area contributed by atoms with Gasteiger partial charge in [-0.15, -0.1) is 11.3 Å². The van der Waals surface area contributed by atoms with E-state index in [0.29, 0.717) is 53.9 Å². The number of aryl methyl sites for hydroxylation is 1. The number of hydrogen-bond donors (Lipinski definition) is 3. The zero-order valence-electron chi connectivity index (χ0n) is 34.8. The molecule has 0 spiro atoms. The van der Waals surface area contributed by atoms with Crippen molar-refractivity contribution in [2.45, 2.75) is 113 Å². The smallest absolute Gasteiger partial charge is 0.259 e. The Kier molecular flexibility index (Phi) is 12.5. The molecule has 330 valence electrons. The van der Waals surface area contributed by atoms with Gasteiger partial charge in [0.25, 0.3) is 5.91 Å². The van der Waals surface area contributed by atoms with Crippen molar-refractivity contribution in [3.63, 3.8) is 0 Å². The number of pyridine rings is 1. The molecule has 4 heterocycles. The van der Waals surface area contributed by atoms with Gasteiger partial charge in [0.05, 0.1) is 34.6 Å². The van der Waals surface area contributed by atoms with Crippen LogP contribution in [0.1, 0.15) is 88.8 Å². The van der Waals surface area contributed by atoms with Gasteiger partial charge in [0.15, 0.2) is 0 Å². The van der Waals surface area contributed by atoms with Gasteiger partial charge in [0.2, 0.25) is 27.7 Å². The number of ether oxygens (including phenoxy) is 2. The van der Waals surface area contributed by atoms with Gasteiger partial charge < -0.3 is 25.0 Å². The van der Waals surface area contributed by atoms with Gasteiger partial charge in [-0.05, 0) is 92.6 Å². The number of thiazole rings is 1. The molecule has 3 amide bonds. The molecular weight excluding hydrogens is 879 g/mol. The summed E-state index contributed by atoms with van der Waals surface area (Å²) < 4.78 is 55.4. The van der Waals surface area contributed by atoms with Gasteiger partial charge in [-0.1, -0.05) is 62.0 Å². The van der Waals surface area contributed by atoms with Crippen LogP contribution in [0.25, 0.3) is 21.5 Å². The minimum Gasteiger partial charge on any atom is -0.496 e. The van der Waals surface area contributed by atoms with Crippen molar-refractivity contribution < 1.29 is 36.7 Å². The second-order valence-corrected chi connectivity index (χ2v) is 20.6. The van der Waals surface area contributed by atoms with Crippen molar-refractivity contribution in [3.05, 3.63) is 75.0 Å². The highest BCUT2D eigenvalue weighted by Gasteiger charge is 2.62. The first-order chi connectivity index (χ1) is 29.6. The third-order valence-electron chi connectivity index (χ3n) is 12.2. The lowest BCUT2D eigenvalue weighted by atomic mass is 10.0. The molecule has 2 aromatic heterocycles. The van der Waals surface area contributed by atoms with Crippen molar-refractivity contribution in [2.75, 3.05) is 19.0 Å². The molecule has 2 saturated carbocycles. The van der Waals surface area contributed by atoms with Crippen molar-refractivity contribution >= 4 is 78.7 Å². The largest absolute Gasteiger partial charge is 0.496 e. The summed E-state index contributed by atoms with van der Waals surface area (Å²) in [5.74, 6) is -1.95. The number of anilines is 1. The number of benzene rings is 2. The summed E-state index contributed by atoms with van der Waals surface area (Å²) >= 11 is 13.7. The average molecular weight is 928 g/mol. The number of carbonyl (C=O) groups excluding carboxylic acids is 3. The van der Waals surface area contributed by atoms with Crippen LogP contribution in [0.3, 0.4) is 0 Å². The Hall–Kier alpha value is -4.51. The van der Waals surface area contributed by atoms with Crippen LogP contribution < -0.4 is 24.8 Å². The molecule has 0 radical (unpaired) electrons. The SMILES string of the molecule is COc1ccc2c(O[C@@H]3C[C@H]4C(=O)N[C@]5(C(=O)NS(=O)(=O)C6CC6)C[C@@H]5/C=C\CCCCC[C@H](Nc5cc(F)c(Cl)c(Cl)c5)C(=O)N4C3)nc(-c3nc(C(C)C)cs3)cc2c1C. The fourth-order valence-corrected chi connectivity index (χ4v) is 11.0. The number of methoxy groups -OCH3 is 1. The Morgan fingerprint density at radius 2 is 1.87 bits per heavy atom. The monoisotopic (exact) mass is 926 g/mol. The Labute approximate surface area is 374 Å². The molecule has 0 bridgehead atoms. The molecule has 4 aliphatic rings. The Bertz CT molecular complexity index is 2550. The van der Waals surface area contributed by atoms with E-state index in [1.54, 1.807) is 7.11 Å². The quantitative estimate of drug-likeness (QED) is 0.105. The van der Waals surface area contributed by atoms with E-state index >= 15 is 0 Å². The predicted molar refractivity (Wildman–Crippen MR) is 238 cm³/mol. The second-order valence-electron chi connectivity index (χ2n) is 17.0. The minimum absolute atomic E-state index is 0.0154. The Balaban J connectivity index is 1.16. The molecule has 3 N–H and O–H groups in total. The first-order valence-electron chi connectivity index (χ1n) is 21.0. The van der Waals surface area contributed by atoms with Crippen LogP contribution in [0.2, 0.25) is 10.0 Å². The maximum atomic E-state index is 14.9. The van der Waals surface area contributed by atoms with Crippen molar-refractivity contribution in [1.82, 2.24) is 24.9 Å². The molecule has 0 unspecified atom stereocenters. The van der Waals surface area contributed by atoms with Crippen molar-refractivity contribution in [1.29, 1.82) is 0 Å². The highest BCUT2D eigenvalue weighted by atomic mass is 35.5. The summed E-state index contributed by atoms with van der Waals surface area (Å²) in [6.07, 6.45) is 7.35. The van der Waals surface area contributed by atoms with Gasteiger partial charge >= 0.3 is 0 Å². The third-order valence-corrected chi connectivity index (χ3v) is 15.7. The molecule has 13 nitrogen and oxygen atoms in total. The lowest BCUT2D eigenvalue weighted by Crippen LogP contribution is -2.57. The summed E-state index contributed by atoms with van der Waals surface area (Å²) in [7, 11) is -2.33. The zero-order valence-corrected chi connectivity index (χ0v) is 37.9. The number of carbonyl (C=O) groups is 3. The lowest BCUT2D eigenvalue weighted by Gasteiger charge is -2.30. The molecule has 5 atom stereocenters. The van der Waals surface area contributed by atoms with E-state index < -0.39 is 68.5 Å². The molecule has 2 aliphatic heterocycles. The summed E-state index contributed by atoms with van der Waals surface area (Å²) in [6, 6.07) is 6.18. The normalized spacial score (nSPS) is 25.0. The number of allylic oxidation sites excluding steroid dienone is 1.